The maximum atomic E-state index is 11.6. The smallest absolute Gasteiger partial charge is 0.244 e. The summed E-state index contributed by atoms with van der Waals surface area (Å²) in [6, 6.07) is 3.67. The highest BCUT2D eigenvalue weighted by molar-refractivity contribution is 5.91. The first-order chi connectivity index (χ1) is 8.42. The van der Waals surface area contributed by atoms with Crippen molar-refractivity contribution in [2.45, 2.75) is 26.4 Å². The predicted molar refractivity (Wildman–Crippen MR) is 71.7 cm³/mol. The van der Waals surface area contributed by atoms with Crippen LogP contribution in [-0.4, -0.2) is 28.1 Å². The van der Waals surface area contributed by atoms with Crippen molar-refractivity contribution in [1.82, 2.24) is 10.3 Å². The first-order valence-electron chi connectivity index (χ1n) is 6.00. The lowest BCUT2D eigenvalue weighted by atomic mass is 9.92. The van der Waals surface area contributed by atoms with Crippen LogP contribution in [0.15, 0.2) is 30.6 Å². The van der Waals surface area contributed by atoms with E-state index in [9.17, 15) is 9.90 Å². The Bertz CT molecular complexity index is 411. The van der Waals surface area contributed by atoms with E-state index in [1.54, 1.807) is 31.5 Å². The number of aliphatic hydroxyl groups is 1. The lowest BCUT2D eigenvalue weighted by molar-refractivity contribution is -0.118. The Hall–Kier alpha value is -1.68. The van der Waals surface area contributed by atoms with Crippen molar-refractivity contribution in [1.29, 1.82) is 0 Å². The van der Waals surface area contributed by atoms with Gasteiger partial charge in [-0.2, -0.15) is 0 Å². The van der Waals surface area contributed by atoms with Gasteiger partial charge in [-0.3, -0.25) is 9.78 Å². The fraction of sp³-hybridized carbons (Fsp3) is 0.429. The molecule has 1 rings (SSSR count). The standard InChI is InChI=1S/C14H20N2O2/c1-11(2)14(3,18)10-16-13(17)7-6-12-5-4-8-15-9-12/h4-9,11,18H,10H2,1-3H3,(H,16,17)/b7-6-/t14-/m1/s1. The number of carbonyl (C=O) groups is 1. The van der Waals surface area contributed by atoms with Crippen LogP contribution in [0, 0.1) is 5.92 Å². The molecule has 4 heteroatoms. The Morgan fingerprint density at radius 3 is 2.89 bits per heavy atom. The van der Waals surface area contributed by atoms with Crippen molar-refractivity contribution in [2.75, 3.05) is 6.54 Å². The summed E-state index contributed by atoms with van der Waals surface area (Å²) in [7, 11) is 0. The molecule has 18 heavy (non-hydrogen) atoms. The van der Waals surface area contributed by atoms with Crippen molar-refractivity contribution < 1.29 is 9.90 Å². The largest absolute Gasteiger partial charge is 0.388 e. The molecule has 0 bridgehead atoms. The molecule has 98 valence electrons. The molecule has 1 amide bonds. The summed E-state index contributed by atoms with van der Waals surface area (Å²) in [5.41, 5.74) is -0.0269. The van der Waals surface area contributed by atoms with E-state index < -0.39 is 5.60 Å². The summed E-state index contributed by atoms with van der Waals surface area (Å²) in [6.07, 6.45) is 6.48. The molecule has 2 N–H and O–H groups in total. The molecule has 1 atom stereocenters. The van der Waals surface area contributed by atoms with E-state index in [2.05, 4.69) is 10.3 Å². The van der Waals surface area contributed by atoms with Crippen molar-refractivity contribution in [3.63, 3.8) is 0 Å². The van der Waals surface area contributed by atoms with Crippen molar-refractivity contribution in [2.24, 2.45) is 5.92 Å². The highest BCUT2D eigenvalue weighted by atomic mass is 16.3. The lowest BCUT2D eigenvalue weighted by Gasteiger charge is -2.27. The Labute approximate surface area is 108 Å². The normalized spacial score (nSPS) is 14.7. The van der Waals surface area contributed by atoms with Crippen molar-refractivity contribution in [3.05, 3.63) is 36.2 Å². The Kier molecular flexibility index (Phi) is 5.04. The van der Waals surface area contributed by atoms with E-state index >= 15 is 0 Å². The Morgan fingerprint density at radius 1 is 1.61 bits per heavy atom. The summed E-state index contributed by atoms with van der Waals surface area (Å²) >= 11 is 0. The molecule has 0 spiro atoms. The second-order valence-corrected chi connectivity index (χ2v) is 4.85. The number of hydrogen-bond acceptors (Lipinski definition) is 3. The summed E-state index contributed by atoms with van der Waals surface area (Å²) in [5, 5.41) is 12.7. The molecule has 1 heterocycles. The lowest BCUT2D eigenvalue weighted by Crippen LogP contribution is -2.43. The molecule has 0 unspecified atom stereocenters. The Balaban J connectivity index is 2.46. The summed E-state index contributed by atoms with van der Waals surface area (Å²) < 4.78 is 0. The monoisotopic (exact) mass is 248 g/mol. The van der Waals surface area contributed by atoms with E-state index in [-0.39, 0.29) is 18.4 Å². The molecular formula is C14H20N2O2. The molecule has 0 aliphatic heterocycles. The van der Waals surface area contributed by atoms with Crippen LogP contribution in [0.4, 0.5) is 0 Å². The SMILES string of the molecule is CC(C)[C@](C)(O)CNC(=O)/C=C\c1cccnc1. The second-order valence-electron chi connectivity index (χ2n) is 4.85. The van der Waals surface area contributed by atoms with Crippen LogP contribution in [0.3, 0.4) is 0 Å². The van der Waals surface area contributed by atoms with Gasteiger partial charge in [-0.05, 0) is 30.5 Å². The molecule has 0 aromatic carbocycles. The van der Waals surface area contributed by atoms with Gasteiger partial charge < -0.3 is 10.4 Å². The van der Waals surface area contributed by atoms with Gasteiger partial charge in [-0.25, -0.2) is 0 Å². The van der Waals surface area contributed by atoms with Gasteiger partial charge in [-0.1, -0.05) is 19.9 Å². The van der Waals surface area contributed by atoms with Crippen LogP contribution >= 0.6 is 0 Å². The zero-order valence-electron chi connectivity index (χ0n) is 11.1. The highest BCUT2D eigenvalue weighted by Crippen LogP contribution is 2.14. The number of nitrogens with one attached hydrogen (secondary N) is 1. The summed E-state index contributed by atoms with van der Waals surface area (Å²) in [4.78, 5) is 15.5. The van der Waals surface area contributed by atoms with Gasteiger partial charge in [0.1, 0.15) is 0 Å². The van der Waals surface area contributed by atoms with Crippen LogP contribution in [0.2, 0.25) is 0 Å². The molecule has 4 nitrogen and oxygen atoms in total. The molecule has 0 radical (unpaired) electrons. The average Bonchev–Trinajstić information content (AvgIpc) is 2.35. The third kappa shape index (κ3) is 4.67. The van der Waals surface area contributed by atoms with Crippen LogP contribution in [-0.2, 0) is 4.79 Å². The third-order valence-electron chi connectivity index (χ3n) is 2.98. The summed E-state index contributed by atoms with van der Waals surface area (Å²) in [6.45, 7) is 5.78. The number of aromatic nitrogens is 1. The van der Waals surface area contributed by atoms with Crippen LogP contribution in [0.5, 0.6) is 0 Å². The minimum absolute atomic E-state index is 0.0834. The van der Waals surface area contributed by atoms with Gasteiger partial charge in [0.2, 0.25) is 5.91 Å². The fourth-order valence-electron chi connectivity index (χ4n) is 1.18. The minimum Gasteiger partial charge on any atom is -0.388 e. The van der Waals surface area contributed by atoms with Gasteiger partial charge in [0.25, 0.3) is 0 Å². The van der Waals surface area contributed by atoms with E-state index in [0.717, 1.165) is 5.56 Å². The maximum Gasteiger partial charge on any atom is 0.244 e. The zero-order valence-corrected chi connectivity index (χ0v) is 11.1. The topological polar surface area (TPSA) is 62.2 Å². The van der Waals surface area contributed by atoms with Gasteiger partial charge in [0, 0.05) is 25.0 Å². The second kappa shape index (κ2) is 6.31. The zero-order chi connectivity index (χ0) is 13.6. The molecule has 0 aliphatic rings. The van der Waals surface area contributed by atoms with Crippen LogP contribution < -0.4 is 5.32 Å². The molecule has 0 saturated carbocycles. The average molecular weight is 248 g/mol. The molecule has 0 aliphatic carbocycles. The van der Waals surface area contributed by atoms with E-state index in [4.69, 9.17) is 0 Å². The van der Waals surface area contributed by atoms with E-state index in [1.165, 1.54) is 6.08 Å². The third-order valence-corrected chi connectivity index (χ3v) is 2.98. The van der Waals surface area contributed by atoms with Crippen LogP contribution in [0.25, 0.3) is 6.08 Å². The molecule has 0 saturated heterocycles. The molecular weight excluding hydrogens is 228 g/mol. The van der Waals surface area contributed by atoms with Gasteiger partial charge in [-0.15, -0.1) is 0 Å². The number of amides is 1. The molecule has 0 fully saturated rings. The molecule has 1 aromatic heterocycles. The fourth-order valence-corrected chi connectivity index (χ4v) is 1.18. The summed E-state index contributed by atoms with van der Waals surface area (Å²) in [5.74, 6) is -0.139. The van der Waals surface area contributed by atoms with Crippen molar-refractivity contribution >= 4 is 12.0 Å². The first kappa shape index (κ1) is 14.4. The number of rotatable bonds is 5. The number of pyridine rings is 1. The van der Waals surface area contributed by atoms with Crippen molar-refractivity contribution in [3.8, 4) is 0 Å². The van der Waals surface area contributed by atoms with E-state index in [1.807, 2.05) is 19.9 Å². The highest BCUT2D eigenvalue weighted by Gasteiger charge is 2.24. The molecule has 1 aromatic rings. The first-order valence-corrected chi connectivity index (χ1v) is 6.00. The van der Waals surface area contributed by atoms with E-state index in [0.29, 0.717) is 0 Å². The number of carbonyl (C=O) groups excluding carboxylic acids is 1. The predicted octanol–water partition coefficient (Wildman–Crippen LogP) is 1.62. The maximum absolute atomic E-state index is 11.6. The van der Waals surface area contributed by atoms with Crippen LogP contribution in [0.1, 0.15) is 26.3 Å². The number of nitrogens with zero attached hydrogens (tertiary/aromatic N) is 1. The minimum atomic E-state index is -0.891. The Morgan fingerprint density at radius 2 is 2.33 bits per heavy atom. The quantitative estimate of drug-likeness (QED) is 0.778. The van der Waals surface area contributed by atoms with Gasteiger partial charge >= 0.3 is 0 Å². The number of hydrogen-bond donors (Lipinski definition) is 2. The van der Waals surface area contributed by atoms with Gasteiger partial charge in [0.05, 0.1) is 5.60 Å². The van der Waals surface area contributed by atoms with Gasteiger partial charge in [0.15, 0.2) is 0 Å².